The molecule has 0 aliphatic carbocycles. The molecule has 0 aromatic rings. The van der Waals surface area contributed by atoms with Crippen molar-refractivity contribution in [2.75, 3.05) is 7.05 Å². The summed E-state index contributed by atoms with van der Waals surface area (Å²) in [5, 5.41) is 0. The van der Waals surface area contributed by atoms with Gasteiger partial charge in [0.1, 0.15) is 5.78 Å². The summed E-state index contributed by atoms with van der Waals surface area (Å²) < 4.78 is 0. The minimum Gasteiger partial charge on any atom is -0.300 e. The van der Waals surface area contributed by atoms with Crippen LogP contribution in [0.25, 0.3) is 0 Å². The zero-order chi connectivity index (χ0) is 11.0. The first-order valence-electron chi connectivity index (χ1n) is 5.28. The zero-order valence-electron chi connectivity index (χ0n) is 9.71. The normalized spacial score (nSPS) is 14.7. The fourth-order valence-electron chi connectivity index (χ4n) is 1.42. The highest BCUT2D eigenvalue weighted by Gasteiger charge is 2.10. The molecule has 80 valence electrons. The van der Waals surface area contributed by atoms with Crippen LogP contribution < -0.4 is 0 Å². The van der Waals surface area contributed by atoms with Crippen LogP contribution in [-0.4, -0.2) is 19.0 Å². The fourth-order valence-corrected chi connectivity index (χ4v) is 1.42. The largest absolute Gasteiger partial charge is 0.300 e. The second-order valence-electron chi connectivity index (χ2n) is 3.50. The van der Waals surface area contributed by atoms with Gasteiger partial charge in [0.15, 0.2) is 0 Å². The molecule has 0 aliphatic heterocycles. The van der Waals surface area contributed by atoms with Crippen molar-refractivity contribution in [1.29, 1.82) is 0 Å². The maximum atomic E-state index is 11.3. The molecule has 0 saturated carbocycles. The molecule has 2 heteroatoms. The number of hydrogen-bond acceptors (Lipinski definition) is 2. The molecule has 0 bridgehead atoms. The monoisotopic (exact) mass is 195 g/mol. The lowest BCUT2D eigenvalue weighted by atomic mass is 9.93. The van der Waals surface area contributed by atoms with E-state index in [1.165, 1.54) is 5.57 Å². The molecule has 0 heterocycles. The number of nitrogens with zero attached hydrogens (tertiary/aromatic N) is 1. The lowest BCUT2D eigenvalue weighted by molar-refractivity contribution is -0.119. The number of carbonyl (C=O) groups is 1. The highest BCUT2D eigenvalue weighted by Crippen LogP contribution is 2.18. The van der Waals surface area contributed by atoms with Crippen LogP contribution in [0.15, 0.2) is 16.6 Å². The summed E-state index contributed by atoms with van der Waals surface area (Å²) in [5.41, 5.74) is 1.30. The van der Waals surface area contributed by atoms with Gasteiger partial charge < -0.3 is 0 Å². The Bertz CT molecular complexity index is 228. The summed E-state index contributed by atoms with van der Waals surface area (Å²) in [6.45, 7) is 6.13. The molecule has 0 aromatic carbocycles. The molecule has 0 N–H and O–H groups in total. The predicted molar refractivity (Wildman–Crippen MR) is 61.9 cm³/mol. The lowest BCUT2D eigenvalue weighted by Crippen LogP contribution is -2.06. The fraction of sp³-hybridized carbons (Fsp3) is 0.667. The van der Waals surface area contributed by atoms with E-state index < -0.39 is 0 Å². The lowest BCUT2D eigenvalue weighted by Gasteiger charge is -2.12. The smallest absolute Gasteiger partial charge is 0.133 e. The van der Waals surface area contributed by atoms with Crippen molar-refractivity contribution in [2.24, 2.45) is 10.9 Å². The quantitative estimate of drug-likeness (QED) is 0.599. The first-order chi connectivity index (χ1) is 6.65. The Morgan fingerprint density at radius 2 is 2.00 bits per heavy atom. The first-order valence-corrected chi connectivity index (χ1v) is 5.28. The Labute approximate surface area is 87.1 Å². The van der Waals surface area contributed by atoms with Gasteiger partial charge in [-0.1, -0.05) is 26.3 Å². The average molecular weight is 195 g/mol. The van der Waals surface area contributed by atoms with Gasteiger partial charge in [-0.3, -0.25) is 9.79 Å². The molecule has 0 aliphatic rings. The predicted octanol–water partition coefficient (Wildman–Crippen LogP) is 3.03. The molecule has 0 amide bonds. The van der Waals surface area contributed by atoms with Gasteiger partial charge in [0.2, 0.25) is 0 Å². The Morgan fingerprint density at radius 3 is 2.43 bits per heavy atom. The van der Waals surface area contributed by atoms with Crippen molar-refractivity contribution in [3.63, 3.8) is 0 Å². The van der Waals surface area contributed by atoms with E-state index in [0.29, 0.717) is 24.5 Å². The Kier molecular flexibility index (Phi) is 6.99. The Hall–Kier alpha value is -0.920. The van der Waals surface area contributed by atoms with Crippen molar-refractivity contribution in [2.45, 2.75) is 40.0 Å². The molecule has 0 spiro atoms. The van der Waals surface area contributed by atoms with Crippen LogP contribution in [0, 0.1) is 5.92 Å². The topological polar surface area (TPSA) is 29.4 Å². The Morgan fingerprint density at radius 1 is 1.36 bits per heavy atom. The molecule has 14 heavy (non-hydrogen) atoms. The summed E-state index contributed by atoms with van der Waals surface area (Å²) in [4.78, 5) is 15.2. The van der Waals surface area contributed by atoms with Crippen LogP contribution in [0.3, 0.4) is 0 Å². The first kappa shape index (κ1) is 13.1. The third-order valence-corrected chi connectivity index (χ3v) is 2.41. The maximum absolute atomic E-state index is 11.3. The second-order valence-corrected chi connectivity index (χ2v) is 3.50. The molecule has 1 unspecified atom stereocenters. The number of Topliss-reactive ketones (excluding diaryl/α,β-unsaturated/α-hetero) is 1. The summed E-state index contributed by atoms with van der Waals surface area (Å²) >= 11 is 0. The third-order valence-electron chi connectivity index (χ3n) is 2.41. The summed E-state index contributed by atoms with van der Waals surface area (Å²) in [6, 6.07) is 0. The van der Waals surface area contributed by atoms with E-state index in [0.717, 1.165) is 6.42 Å². The standard InChI is InChI=1S/C12H21NO/c1-5-11(7-8-13-4)10(3)9-12(14)6-2/h7-8,10H,5-6,9H2,1-4H3/b11-7+,13-8?. The van der Waals surface area contributed by atoms with E-state index in [4.69, 9.17) is 0 Å². The molecular weight excluding hydrogens is 174 g/mol. The van der Waals surface area contributed by atoms with E-state index in [9.17, 15) is 4.79 Å². The maximum Gasteiger partial charge on any atom is 0.133 e. The van der Waals surface area contributed by atoms with E-state index in [-0.39, 0.29) is 0 Å². The van der Waals surface area contributed by atoms with Crippen LogP contribution in [0.5, 0.6) is 0 Å². The zero-order valence-corrected chi connectivity index (χ0v) is 9.71. The molecule has 2 nitrogen and oxygen atoms in total. The van der Waals surface area contributed by atoms with Crippen LogP contribution >= 0.6 is 0 Å². The molecular formula is C12H21NO. The minimum atomic E-state index is 0.338. The van der Waals surface area contributed by atoms with Crippen LogP contribution in [0.1, 0.15) is 40.0 Å². The van der Waals surface area contributed by atoms with Gasteiger partial charge in [0.25, 0.3) is 0 Å². The van der Waals surface area contributed by atoms with Gasteiger partial charge in [-0.05, 0) is 18.4 Å². The number of rotatable bonds is 6. The molecule has 0 aromatic heterocycles. The van der Waals surface area contributed by atoms with E-state index >= 15 is 0 Å². The van der Waals surface area contributed by atoms with Crippen molar-refractivity contribution >= 4 is 12.0 Å². The van der Waals surface area contributed by atoms with Gasteiger partial charge in [-0.2, -0.15) is 0 Å². The van der Waals surface area contributed by atoms with Gasteiger partial charge in [-0.15, -0.1) is 0 Å². The molecule has 1 atom stereocenters. The van der Waals surface area contributed by atoms with Gasteiger partial charge in [-0.25, -0.2) is 0 Å². The van der Waals surface area contributed by atoms with Crippen molar-refractivity contribution < 1.29 is 4.79 Å². The summed E-state index contributed by atoms with van der Waals surface area (Å²) in [7, 11) is 1.76. The number of ketones is 1. The number of allylic oxidation sites excluding steroid dienone is 2. The van der Waals surface area contributed by atoms with Crippen molar-refractivity contribution in [1.82, 2.24) is 0 Å². The summed E-state index contributed by atoms with van der Waals surface area (Å²) in [6.07, 6.45) is 6.11. The van der Waals surface area contributed by atoms with Crippen molar-refractivity contribution in [3.8, 4) is 0 Å². The molecule has 0 radical (unpaired) electrons. The SMILES string of the molecule is CCC(=O)CC(C)/C(=C/C=NC)CC. The average Bonchev–Trinajstić information content (AvgIpc) is 2.18. The molecule has 0 rings (SSSR count). The highest BCUT2D eigenvalue weighted by atomic mass is 16.1. The van der Waals surface area contributed by atoms with Gasteiger partial charge >= 0.3 is 0 Å². The number of aliphatic imine (C=N–C) groups is 1. The van der Waals surface area contributed by atoms with E-state index in [2.05, 4.69) is 18.8 Å². The second kappa shape index (κ2) is 7.48. The third kappa shape index (κ3) is 4.95. The number of carbonyl (C=O) groups excluding carboxylic acids is 1. The van der Waals surface area contributed by atoms with Crippen LogP contribution in [-0.2, 0) is 4.79 Å². The van der Waals surface area contributed by atoms with Crippen LogP contribution in [0.2, 0.25) is 0 Å². The Balaban J connectivity index is 4.31. The van der Waals surface area contributed by atoms with Gasteiger partial charge in [0, 0.05) is 26.1 Å². The number of hydrogen-bond donors (Lipinski definition) is 0. The summed E-state index contributed by atoms with van der Waals surface area (Å²) in [5.74, 6) is 0.690. The molecule has 0 saturated heterocycles. The van der Waals surface area contributed by atoms with Crippen molar-refractivity contribution in [3.05, 3.63) is 11.6 Å². The van der Waals surface area contributed by atoms with E-state index in [1.807, 2.05) is 13.0 Å². The van der Waals surface area contributed by atoms with Gasteiger partial charge in [0.05, 0.1) is 0 Å². The molecule has 0 fully saturated rings. The van der Waals surface area contributed by atoms with Crippen LogP contribution in [0.4, 0.5) is 0 Å². The van der Waals surface area contributed by atoms with E-state index in [1.54, 1.807) is 13.3 Å². The minimum absolute atomic E-state index is 0.338. The highest BCUT2D eigenvalue weighted by molar-refractivity contribution is 5.79.